The summed E-state index contributed by atoms with van der Waals surface area (Å²) in [6.45, 7) is 1.60. The van der Waals surface area contributed by atoms with E-state index in [-0.39, 0.29) is 5.92 Å². The lowest BCUT2D eigenvalue weighted by Gasteiger charge is -2.34. The Balaban J connectivity index is 1.91. The number of hydrogen-bond acceptors (Lipinski definition) is 2. The molecular formula is C17H17NO2. The normalized spacial score (nSPS) is 17.6. The van der Waals surface area contributed by atoms with Crippen molar-refractivity contribution in [3.63, 3.8) is 0 Å². The van der Waals surface area contributed by atoms with Gasteiger partial charge in [-0.15, -0.1) is 0 Å². The van der Waals surface area contributed by atoms with Crippen LogP contribution in [-0.4, -0.2) is 17.6 Å². The predicted octanol–water partition coefficient (Wildman–Crippen LogP) is 3.27. The van der Waals surface area contributed by atoms with Crippen molar-refractivity contribution < 1.29 is 9.90 Å². The molecule has 1 atom stereocenters. The number of para-hydroxylation sites is 1. The van der Waals surface area contributed by atoms with Gasteiger partial charge in [-0.25, -0.2) is 0 Å². The van der Waals surface area contributed by atoms with E-state index in [9.17, 15) is 9.90 Å². The summed E-state index contributed by atoms with van der Waals surface area (Å²) in [5.74, 6) is -1.10. The first-order chi connectivity index (χ1) is 9.75. The molecule has 1 unspecified atom stereocenters. The zero-order valence-corrected chi connectivity index (χ0v) is 11.2. The number of carboxylic acid groups (broad SMARTS) is 1. The predicted molar refractivity (Wildman–Crippen MR) is 78.9 cm³/mol. The van der Waals surface area contributed by atoms with Gasteiger partial charge in [0.15, 0.2) is 0 Å². The minimum absolute atomic E-state index is 0.377. The third-order valence-corrected chi connectivity index (χ3v) is 3.85. The van der Waals surface area contributed by atoms with Crippen LogP contribution in [0.5, 0.6) is 0 Å². The Kier molecular flexibility index (Phi) is 3.42. The first-order valence-electron chi connectivity index (χ1n) is 6.86. The van der Waals surface area contributed by atoms with Crippen LogP contribution in [0.15, 0.2) is 54.6 Å². The van der Waals surface area contributed by atoms with Gasteiger partial charge in [-0.3, -0.25) is 4.79 Å². The monoisotopic (exact) mass is 267 g/mol. The maximum absolute atomic E-state index is 11.4. The Hall–Kier alpha value is -2.29. The van der Waals surface area contributed by atoms with Crippen LogP contribution in [0.1, 0.15) is 23.5 Å². The van der Waals surface area contributed by atoms with Gasteiger partial charge >= 0.3 is 5.97 Å². The molecule has 0 aliphatic carbocycles. The number of carboxylic acids is 1. The Morgan fingerprint density at radius 2 is 1.80 bits per heavy atom. The minimum atomic E-state index is -0.725. The van der Waals surface area contributed by atoms with E-state index in [0.717, 1.165) is 24.3 Å². The lowest BCUT2D eigenvalue weighted by atomic mass is 9.90. The quantitative estimate of drug-likeness (QED) is 0.928. The van der Waals surface area contributed by atoms with E-state index < -0.39 is 5.97 Å². The molecule has 0 aromatic heterocycles. The minimum Gasteiger partial charge on any atom is -0.481 e. The SMILES string of the molecule is O=C(O)C1CCN(Cc2ccccc2)c2ccccc21. The molecule has 3 nitrogen and oxygen atoms in total. The maximum atomic E-state index is 11.4. The molecule has 0 radical (unpaired) electrons. The fourth-order valence-electron chi connectivity index (χ4n) is 2.86. The fraction of sp³-hybridized carbons (Fsp3) is 0.235. The molecule has 0 fully saturated rings. The highest BCUT2D eigenvalue weighted by Crippen LogP contribution is 2.35. The third kappa shape index (κ3) is 2.39. The topological polar surface area (TPSA) is 40.5 Å². The van der Waals surface area contributed by atoms with E-state index >= 15 is 0 Å². The molecule has 0 spiro atoms. The average Bonchev–Trinajstić information content (AvgIpc) is 2.48. The second-order valence-electron chi connectivity index (χ2n) is 5.15. The van der Waals surface area contributed by atoms with Crippen molar-refractivity contribution in [2.45, 2.75) is 18.9 Å². The summed E-state index contributed by atoms with van der Waals surface area (Å²) in [5, 5.41) is 9.34. The number of nitrogens with zero attached hydrogens (tertiary/aromatic N) is 1. The van der Waals surface area contributed by atoms with Crippen molar-refractivity contribution in [3.05, 3.63) is 65.7 Å². The highest BCUT2D eigenvalue weighted by Gasteiger charge is 2.29. The largest absolute Gasteiger partial charge is 0.481 e. The number of carbonyl (C=O) groups is 1. The van der Waals surface area contributed by atoms with Crippen molar-refractivity contribution in [2.24, 2.45) is 0 Å². The summed E-state index contributed by atoms with van der Waals surface area (Å²) >= 11 is 0. The summed E-state index contributed by atoms with van der Waals surface area (Å²) in [7, 11) is 0. The van der Waals surface area contributed by atoms with Crippen molar-refractivity contribution in [2.75, 3.05) is 11.4 Å². The van der Waals surface area contributed by atoms with Gasteiger partial charge in [-0.1, -0.05) is 48.5 Å². The van der Waals surface area contributed by atoms with Crippen LogP contribution in [0.25, 0.3) is 0 Å². The number of hydrogen-bond donors (Lipinski definition) is 1. The summed E-state index contributed by atoms with van der Waals surface area (Å²) in [4.78, 5) is 13.6. The van der Waals surface area contributed by atoms with Gasteiger partial charge < -0.3 is 10.0 Å². The number of rotatable bonds is 3. The molecule has 0 amide bonds. The van der Waals surface area contributed by atoms with E-state index in [2.05, 4.69) is 17.0 Å². The van der Waals surface area contributed by atoms with Crippen molar-refractivity contribution in [3.8, 4) is 0 Å². The molecule has 102 valence electrons. The second kappa shape index (κ2) is 5.37. The highest BCUT2D eigenvalue weighted by atomic mass is 16.4. The Morgan fingerprint density at radius 3 is 2.55 bits per heavy atom. The molecule has 3 rings (SSSR count). The molecule has 1 N–H and O–H groups in total. The summed E-state index contributed by atoms with van der Waals surface area (Å²) in [5.41, 5.74) is 3.23. The van der Waals surface area contributed by atoms with Crippen LogP contribution in [0.3, 0.4) is 0 Å². The second-order valence-corrected chi connectivity index (χ2v) is 5.15. The molecule has 2 aromatic rings. The summed E-state index contributed by atoms with van der Waals surface area (Å²) in [6.07, 6.45) is 0.666. The van der Waals surface area contributed by atoms with E-state index in [1.165, 1.54) is 5.56 Å². The van der Waals surface area contributed by atoms with E-state index in [4.69, 9.17) is 0 Å². The Labute approximate surface area is 118 Å². The van der Waals surface area contributed by atoms with Crippen LogP contribution in [0.2, 0.25) is 0 Å². The number of aliphatic carboxylic acids is 1. The molecular weight excluding hydrogens is 250 g/mol. The molecule has 20 heavy (non-hydrogen) atoms. The third-order valence-electron chi connectivity index (χ3n) is 3.85. The average molecular weight is 267 g/mol. The molecule has 0 saturated heterocycles. The van der Waals surface area contributed by atoms with Gasteiger partial charge in [0.25, 0.3) is 0 Å². The first kappa shape index (κ1) is 12.7. The number of benzene rings is 2. The number of fused-ring (bicyclic) bond motifs is 1. The lowest BCUT2D eigenvalue weighted by molar-refractivity contribution is -0.139. The Morgan fingerprint density at radius 1 is 1.10 bits per heavy atom. The van der Waals surface area contributed by atoms with Crippen molar-refractivity contribution in [1.29, 1.82) is 0 Å². The smallest absolute Gasteiger partial charge is 0.311 e. The fourth-order valence-corrected chi connectivity index (χ4v) is 2.86. The standard InChI is InChI=1S/C17H17NO2/c19-17(20)15-10-11-18(12-13-6-2-1-3-7-13)16-9-5-4-8-14(15)16/h1-9,15H,10-12H2,(H,19,20). The highest BCUT2D eigenvalue weighted by molar-refractivity contribution is 5.80. The molecule has 0 bridgehead atoms. The zero-order valence-electron chi connectivity index (χ0n) is 11.2. The lowest BCUT2D eigenvalue weighted by Crippen LogP contribution is -2.33. The first-order valence-corrected chi connectivity index (χ1v) is 6.86. The Bertz CT molecular complexity index is 609. The number of anilines is 1. The van der Waals surface area contributed by atoms with Crippen LogP contribution in [0.4, 0.5) is 5.69 Å². The van der Waals surface area contributed by atoms with Crippen LogP contribution in [-0.2, 0) is 11.3 Å². The molecule has 1 aliphatic rings. The van der Waals surface area contributed by atoms with E-state index in [1.807, 2.05) is 42.5 Å². The zero-order chi connectivity index (χ0) is 13.9. The van der Waals surface area contributed by atoms with Gasteiger partial charge in [0.05, 0.1) is 5.92 Å². The van der Waals surface area contributed by atoms with Gasteiger partial charge in [0.2, 0.25) is 0 Å². The van der Waals surface area contributed by atoms with Gasteiger partial charge in [-0.2, -0.15) is 0 Å². The van der Waals surface area contributed by atoms with Gasteiger partial charge in [0, 0.05) is 18.8 Å². The van der Waals surface area contributed by atoms with Gasteiger partial charge in [-0.05, 0) is 23.6 Å². The van der Waals surface area contributed by atoms with E-state index in [0.29, 0.717) is 6.42 Å². The van der Waals surface area contributed by atoms with Crippen molar-refractivity contribution >= 4 is 11.7 Å². The van der Waals surface area contributed by atoms with E-state index in [1.54, 1.807) is 0 Å². The molecule has 1 aliphatic heterocycles. The van der Waals surface area contributed by atoms with Crippen LogP contribution < -0.4 is 4.90 Å². The maximum Gasteiger partial charge on any atom is 0.311 e. The van der Waals surface area contributed by atoms with Crippen LogP contribution in [0, 0.1) is 0 Å². The van der Waals surface area contributed by atoms with Gasteiger partial charge in [0.1, 0.15) is 0 Å². The summed E-state index contributed by atoms with van der Waals surface area (Å²) < 4.78 is 0. The van der Waals surface area contributed by atoms with Crippen molar-refractivity contribution in [1.82, 2.24) is 0 Å². The summed E-state index contributed by atoms with van der Waals surface area (Å²) in [6, 6.07) is 18.1. The molecule has 2 aromatic carbocycles. The molecule has 0 saturated carbocycles. The molecule has 3 heteroatoms. The van der Waals surface area contributed by atoms with Crippen LogP contribution >= 0.6 is 0 Å². The molecule has 1 heterocycles.